The van der Waals surface area contributed by atoms with E-state index >= 15 is 0 Å². The Morgan fingerprint density at radius 2 is 0.885 bits per heavy atom. The standard InChI is InChI=1S/C50H36N2/c1-2-34-18-24-42(25-19-34)52-49-27-21-38(36-14-8-4-9-15-36)31-44(49)46-33-40(23-29-50(46)52)39-22-28-48-45(32-39)43-30-37(35-12-6-3-7-13-35)20-26-47(43)51(48)41-16-10-5-11-17-41/h2-10,12-16,18-33H,1,11,17H2. The molecule has 1 aliphatic rings. The Hall–Kier alpha value is -6.64. The monoisotopic (exact) mass is 664 g/mol. The maximum Gasteiger partial charge on any atom is 0.0541 e. The average molecular weight is 665 g/mol. The van der Waals surface area contributed by atoms with Crippen LogP contribution in [0.4, 0.5) is 0 Å². The molecule has 10 rings (SSSR count). The quantitative estimate of drug-likeness (QED) is 0.167. The van der Waals surface area contributed by atoms with E-state index in [-0.39, 0.29) is 0 Å². The Labute approximate surface area is 303 Å². The second kappa shape index (κ2) is 12.3. The molecule has 7 aromatic carbocycles. The van der Waals surface area contributed by atoms with Crippen LogP contribution in [0.2, 0.25) is 0 Å². The van der Waals surface area contributed by atoms with Crippen LogP contribution in [-0.4, -0.2) is 9.13 Å². The molecule has 52 heavy (non-hydrogen) atoms. The van der Waals surface area contributed by atoms with E-state index in [1.807, 2.05) is 6.08 Å². The lowest BCUT2D eigenvalue weighted by Gasteiger charge is -2.14. The van der Waals surface area contributed by atoms with Crippen LogP contribution in [0.15, 0.2) is 183 Å². The van der Waals surface area contributed by atoms with E-state index in [9.17, 15) is 0 Å². The lowest BCUT2D eigenvalue weighted by atomic mass is 9.98. The third kappa shape index (κ3) is 4.95. The molecule has 0 fully saturated rings. The van der Waals surface area contributed by atoms with Gasteiger partial charge < -0.3 is 9.13 Å². The van der Waals surface area contributed by atoms with Crippen molar-refractivity contribution in [1.82, 2.24) is 9.13 Å². The van der Waals surface area contributed by atoms with Crippen molar-refractivity contribution in [2.75, 3.05) is 0 Å². The predicted octanol–water partition coefficient (Wildman–Crippen LogP) is 13.7. The molecule has 0 unspecified atom stereocenters. The highest BCUT2D eigenvalue weighted by atomic mass is 15.0. The highest BCUT2D eigenvalue weighted by molar-refractivity contribution is 6.14. The molecule has 0 spiro atoms. The van der Waals surface area contributed by atoms with Crippen molar-refractivity contribution in [2.24, 2.45) is 0 Å². The maximum atomic E-state index is 3.97. The molecule has 2 nitrogen and oxygen atoms in total. The molecule has 9 aromatic rings. The summed E-state index contributed by atoms with van der Waals surface area (Å²) in [6, 6.07) is 57.9. The van der Waals surface area contributed by atoms with Gasteiger partial charge in [0.05, 0.1) is 22.1 Å². The molecule has 0 radical (unpaired) electrons. The number of aromatic nitrogens is 2. The summed E-state index contributed by atoms with van der Waals surface area (Å²) in [6.45, 7) is 3.97. The van der Waals surface area contributed by atoms with Crippen LogP contribution in [0, 0.1) is 0 Å². The minimum atomic E-state index is 1.03. The van der Waals surface area contributed by atoms with Crippen molar-refractivity contribution in [1.29, 1.82) is 0 Å². The van der Waals surface area contributed by atoms with Crippen molar-refractivity contribution >= 4 is 55.4 Å². The minimum absolute atomic E-state index is 1.03. The summed E-state index contributed by atoms with van der Waals surface area (Å²) >= 11 is 0. The first-order chi connectivity index (χ1) is 25.7. The van der Waals surface area contributed by atoms with E-state index in [4.69, 9.17) is 0 Å². The number of benzene rings is 7. The summed E-state index contributed by atoms with van der Waals surface area (Å²) in [4.78, 5) is 0. The van der Waals surface area contributed by atoms with Gasteiger partial charge in [0.15, 0.2) is 0 Å². The van der Waals surface area contributed by atoms with Crippen LogP contribution in [0.5, 0.6) is 0 Å². The summed E-state index contributed by atoms with van der Waals surface area (Å²) in [6.07, 6.45) is 10.7. The second-order valence-electron chi connectivity index (χ2n) is 13.8. The summed E-state index contributed by atoms with van der Waals surface area (Å²) in [5.74, 6) is 0. The van der Waals surface area contributed by atoms with E-state index in [1.54, 1.807) is 0 Å². The third-order valence-electron chi connectivity index (χ3n) is 10.7. The molecule has 0 atom stereocenters. The molecule has 1 aliphatic carbocycles. The van der Waals surface area contributed by atoms with Gasteiger partial charge in [-0.15, -0.1) is 0 Å². The molecule has 0 aliphatic heterocycles. The first kappa shape index (κ1) is 30.2. The summed E-state index contributed by atoms with van der Waals surface area (Å²) < 4.78 is 4.87. The van der Waals surface area contributed by atoms with Crippen LogP contribution >= 0.6 is 0 Å². The number of rotatable bonds is 6. The summed E-state index contributed by atoms with van der Waals surface area (Å²) in [7, 11) is 0. The summed E-state index contributed by atoms with van der Waals surface area (Å²) in [5, 5.41) is 5.04. The number of allylic oxidation sites excluding steroid dienone is 4. The third-order valence-corrected chi connectivity index (χ3v) is 10.7. The Morgan fingerprint density at radius 3 is 1.31 bits per heavy atom. The molecule has 2 heterocycles. The van der Waals surface area contributed by atoms with E-state index in [0.717, 1.165) is 24.1 Å². The largest absolute Gasteiger partial charge is 0.313 e. The molecule has 0 N–H and O–H groups in total. The van der Waals surface area contributed by atoms with Gasteiger partial charge in [-0.1, -0.05) is 122 Å². The zero-order valence-corrected chi connectivity index (χ0v) is 28.8. The van der Waals surface area contributed by atoms with Crippen molar-refractivity contribution < 1.29 is 0 Å². The molecule has 2 aromatic heterocycles. The molecule has 0 saturated carbocycles. The van der Waals surface area contributed by atoms with Gasteiger partial charge in [-0.3, -0.25) is 0 Å². The highest BCUT2D eigenvalue weighted by Gasteiger charge is 2.18. The average Bonchev–Trinajstić information content (AvgIpc) is 3.73. The molecular weight excluding hydrogens is 629 g/mol. The van der Waals surface area contributed by atoms with E-state index in [0.29, 0.717) is 0 Å². The van der Waals surface area contributed by atoms with Crippen LogP contribution in [0.3, 0.4) is 0 Å². The number of fused-ring (bicyclic) bond motifs is 6. The molecule has 246 valence electrons. The Kier molecular flexibility index (Phi) is 7.14. The predicted molar refractivity (Wildman–Crippen MR) is 223 cm³/mol. The Bertz CT molecular complexity index is 2880. The van der Waals surface area contributed by atoms with Gasteiger partial charge in [0.2, 0.25) is 0 Å². The minimum Gasteiger partial charge on any atom is -0.313 e. The van der Waals surface area contributed by atoms with Crippen molar-refractivity contribution in [2.45, 2.75) is 12.8 Å². The van der Waals surface area contributed by atoms with E-state index < -0.39 is 0 Å². The van der Waals surface area contributed by atoms with Crippen LogP contribution in [0.1, 0.15) is 18.4 Å². The van der Waals surface area contributed by atoms with Crippen LogP contribution in [-0.2, 0) is 0 Å². The SMILES string of the molecule is C=Cc1ccc(-n2c3ccc(-c4ccccc4)cc3c3cc(-c4ccc5c(c4)c4cc(-c6ccccc6)ccc4n5C4=CC=CCC4)ccc32)cc1. The Morgan fingerprint density at radius 1 is 0.442 bits per heavy atom. The topological polar surface area (TPSA) is 9.86 Å². The summed E-state index contributed by atoms with van der Waals surface area (Å²) in [5.41, 5.74) is 15.8. The zero-order valence-electron chi connectivity index (χ0n) is 28.8. The van der Waals surface area contributed by atoms with Crippen LogP contribution in [0.25, 0.3) is 94.5 Å². The fraction of sp³-hybridized carbons (Fsp3) is 0.0400. The van der Waals surface area contributed by atoms with Crippen molar-refractivity contribution in [3.63, 3.8) is 0 Å². The van der Waals surface area contributed by atoms with Gasteiger partial charge in [0, 0.05) is 32.9 Å². The lowest BCUT2D eigenvalue weighted by molar-refractivity contribution is 0.979. The molecule has 0 saturated heterocycles. The van der Waals surface area contributed by atoms with Gasteiger partial charge in [-0.2, -0.15) is 0 Å². The smallest absolute Gasteiger partial charge is 0.0541 e. The van der Waals surface area contributed by atoms with Crippen molar-refractivity contribution in [3.8, 4) is 39.1 Å². The molecule has 0 amide bonds. The number of hydrogen-bond donors (Lipinski definition) is 0. The molecular formula is C50H36N2. The van der Waals surface area contributed by atoms with E-state index in [2.05, 4.69) is 192 Å². The van der Waals surface area contributed by atoms with Gasteiger partial charge in [0.25, 0.3) is 0 Å². The normalized spacial score (nSPS) is 13.0. The van der Waals surface area contributed by atoms with E-state index in [1.165, 1.54) is 82.7 Å². The first-order valence-corrected chi connectivity index (χ1v) is 18.1. The van der Waals surface area contributed by atoms with Gasteiger partial charge in [-0.25, -0.2) is 0 Å². The second-order valence-corrected chi connectivity index (χ2v) is 13.8. The fourth-order valence-corrected chi connectivity index (χ4v) is 8.15. The fourth-order valence-electron chi connectivity index (χ4n) is 8.15. The van der Waals surface area contributed by atoms with Gasteiger partial charge >= 0.3 is 0 Å². The number of hydrogen-bond acceptors (Lipinski definition) is 0. The highest BCUT2D eigenvalue weighted by Crippen LogP contribution is 2.41. The maximum absolute atomic E-state index is 3.97. The van der Waals surface area contributed by atoms with Gasteiger partial charge in [0.1, 0.15) is 0 Å². The number of nitrogens with zero attached hydrogens (tertiary/aromatic N) is 2. The zero-order chi connectivity index (χ0) is 34.6. The Balaban J connectivity index is 1.19. The molecule has 2 heteroatoms. The first-order valence-electron chi connectivity index (χ1n) is 18.1. The molecule has 0 bridgehead atoms. The van der Waals surface area contributed by atoms with Gasteiger partial charge in [-0.05, 0) is 119 Å². The lowest BCUT2D eigenvalue weighted by Crippen LogP contribution is -1.98. The van der Waals surface area contributed by atoms with Crippen molar-refractivity contribution in [3.05, 3.63) is 188 Å². The van der Waals surface area contributed by atoms with Crippen LogP contribution < -0.4 is 0 Å².